The van der Waals surface area contributed by atoms with E-state index in [9.17, 15) is 4.79 Å². The smallest absolute Gasteiger partial charge is 0.226 e. The fraction of sp³-hybridized carbons (Fsp3) is 0.579. The number of amides is 1. The average Bonchev–Trinajstić information content (AvgIpc) is 2.60. The number of piperidine rings is 1. The van der Waals surface area contributed by atoms with E-state index < -0.39 is 0 Å². The predicted octanol–water partition coefficient (Wildman–Crippen LogP) is 1.32. The topological polar surface area (TPSA) is 39.7 Å². The first-order chi connectivity index (χ1) is 11.6. The molecule has 1 aromatic heterocycles. The van der Waals surface area contributed by atoms with Gasteiger partial charge in [0, 0.05) is 37.9 Å². The van der Waals surface area contributed by atoms with Crippen LogP contribution < -0.4 is 0 Å². The van der Waals surface area contributed by atoms with Crippen LogP contribution in [-0.2, 0) is 11.3 Å². The zero-order valence-electron chi connectivity index (χ0n) is 14.8. The van der Waals surface area contributed by atoms with Crippen LogP contribution in [0.15, 0.2) is 24.5 Å². The molecule has 24 heavy (non-hydrogen) atoms. The number of carbonyl (C=O) groups excluding carboxylic acids is 1. The van der Waals surface area contributed by atoms with Crippen LogP contribution in [0.3, 0.4) is 0 Å². The molecule has 2 heterocycles. The minimum absolute atomic E-state index is 0.109. The molecule has 1 aliphatic heterocycles. The van der Waals surface area contributed by atoms with Crippen molar-refractivity contribution >= 4 is 5.91 Å². The normalized spacial score (nSPS) is 16.1. The summed E-state index contributed by atoms with van der Waals surface area (Å²) in [6.45, 7) is 4.74. The molecule has 0 unspecified atom stereocenters. The van der Waals surface area contributed by atoms with Crippen LogP contribution in [0.5, 0.6) is 0 Å². The van der Waals surface area contributed by atoms with Crippen molar-refractivity contribution in [3.8, 4) is 12.3 Å². The quantitative estimate of drug-likeness (QED) is 0.708. The van der Waals surface area contributed by atoms with E-state index in [1.807, 2.05) is 37.3 Å². The molecule has 1 aliphatic rings. The molecule has 5 nitrogen and oxygen atoms in total. The Bertz CT molecular complexity index is 544. The molecule has 5 heteroatoms. The number of pyridine rings is 1. The number of terminal acetylenes is 1. The Morgan fingerprint density at radius 1 is 1.38 bits per heavy atom. The minimum Gasteiger partial charge on any atom is -0.337 e. The zero-order valence-corrected chi connectivity index (χ0v) is 14.8. The van der Waals surface area contributed by atoms with E-state index in [-0.39, 0.29) is 11.8 Å². The lowest BCUT2D eigenvalue weighted by Gasteiger charge is -2.34. The second-order valence-corrected chi connectivity index (χ2v) is 6.68. The summed E-state index contributed by atoms with van der Waals surface area (Å²) in [6.07, 6.45) is 10.8. The highest BCUT2D eigenvalue weighted by Crippen LogP contribution is 2.20. The van der Waals surface area contributed by atoms with E-state index in [4.69, 9.17) is 6.42 Å². The minimum atomic E-state index is 0.109. The van der Waals surface area contributed by atoms with Crippen molar-refractivity contribution in [2.75, 3.05) is 46.8 Å². The van der Waals surface area contributed by atoms with Crippen molar-refractivity contribution in [3.05, 3.63) is 30.1 Å². The molecule has 1 aromatic rings. The summed E-state index contributed by atoms with van der Waals surface area (Å²) in [5.41, 5.74) is 1.08. The molecular formula is C19H28N4O. The highest BCUT2D eigenvalue weighted by molar-refractivity contribution is 5.79. The van der Waals surface area contributed by atoms with Gasteiger partial charge in [0.2, 0.25) is 5.91 Å². The van der Waals surface area contributed by atoms with Gasteiger partial charge in [0.1, 0.15) is 0 Å². The van der Waals surface area contributed by atoms with Gasteiger partial charge in [0.15, 0.2) is 0 Å². The zero-order chi connectivity index (χ0) is 17.4. The van der Waals surface area contributed by atoms with Gasteiger partial charge >= 0.3 is 0 Å². The Labute approximate surface area is 145 Å². The van der Waals surface area contributed by atoms with Gasteiger partial charge < -0.3 is 9.80 Å². The molecule has 1 saturated heterocycles. The van der Waals surface area contributed by atoms with Gasteiger partial charge in [0.05, 0.1) is 6.54 Å². The van der Waals surface area contributed by atoms with Gasteiger partial charge in [-0.1, -0.05) is 12.0 Å². The first kappa shape index (κ1) is 18.4. The number of likely N-dealkylation sites (N-methyl/N-ethyl adjacent to an activating group) is 1. The highest BCUT2D eigenvalue weighted by Gasteiger charge is 2.28. The second kappa shape index (κ2) is 9.41. The second-order valence-electron chi connectivity index (χ2n) is 6.68. The third-order valence-electron chi connectivity index (χ3n) is 4.48. The lowest BCUT2D eigenvalue weighted by molar-refractivity contribution is -0.137. The predicted molar refractivity (Wildman–Crippen MR) is 96.2 cm³/mol. The maximum Gasteiger partial charge on any atom is 0.226 e. The fourth-order valence-corrected chi connectivity index (χ4v) is 3.03. The molecule has 0 aromatic carbocycles. The molecule has 0 aliphatic carbocycles. The van der Waals surface area contributed by atoms with E-state index in [1.165, 1.54) is 0 Å². The third kappa shape index (κ3) is 5.63. The number of nitrogens with zero attached hydrogens (tertiary/aromatic N) is 4. The van der Waals surface area contributed by atoms with Gasteiger partial charge in [-0.3, -0.25) is 14.7 Å². The van der Waals surface area contributed by atoms with Gasteiger partial charge in [-0.05, 0) is 51.7 Å². The molecular weight excluding hydrogens is 300 g/mol. The van der Waals surface area contributed by atoms with E-state index in [0.717, 1.165) is 44.6 Å². The molecule has 1 amide bonds. The van der Waals surface area contributed by atoms with Crippen molar-refractivity contribution in [3.63, 3.8) is 0 Å². The summed E-state index contributed by atoms with van der Waals surface area (Å²) in [5, 5.41) is 0. The van der Waals surface area contributed by atoms with E-state index in [1.54, 1.807) is 6.20 Å². The number of hydrogen-bond acceptors (Lipinski definition) is 4. The summed E-state index contributed by atoms with van der Waals surface area (Å²) >= 11 is 0. The van der Waals surface area contributed by atoms with Crippen molar-refractivity contribution < 1.29 is 4.79 Å². The maximum absolute atomic E-state index is 13.0. The van der Waals surface area contributed by atoms with Crippen LogP contribution in [0.2, 0.25) is 0 Å². The first-order valence-corrected chi connectivity index (χ1v) is 8.58. The monoisotopic (exact) mass is 328 g/mol. The largest absolute Gasteiger partial charge is 0.337 e. The molecule has 0 radical (unpaired) electrons. The summed E-state index contributed by atoms with van der Waals surface area (Å²) < 4.78 is 0. The van der Waals surface area contributed by atoms with Crippen molar-refractivity contribution in [2.24, 2.45) is 5.92 Å². The van der Waals surface area contributed by atoms with Crippen molar-refractivity contribution in [2.45, 2.75) is 19.4 Å². The lowest BCUT2D eigenvalue weighted by atomic mass is 9.95. The highest BCUT2D eigenvalue weighted by atomic mass is 16.2. The maximum atomic E-state index is 13.0. The molecule has 0 atom stereocenters. The Balaban J connectivity index is 1.97. The average molecular weight is 328 g/mol. The van der Waals surface area contributed by atoms with Crippen LogP contribution in [-0.4, -0.2) is 72.4 Å². The van der Waals surface area contributed by atoms with E-state index in [0.29, 0.717) is 13.1 Å². The molecule has 0 N–H and O–H groups in total. The number of aromatic nitrogens is 1. The van der Waals surface area contributed by atoms with Crippen molar-refractivity contribution in [1.29, 1.82) is 0 Å². The lowest BCUT2D eigenvalue weighted by Crippen LogP contribution is -2.44. The Morgan fingerprint density at radius 3 is 2.71 bits per heavy atom. The van der Waals surface area contributed by atoms with Gasteiger partial charge in [-0.25, -0.2) is 0 Å². The number of likely N-dealkylation sites (tertiary alicyclic amines) is 1. The first-order valence-electron chi connectivity index (χ1n) is 8.58. The van der Waals surface area contributed by atoms with Gasteiger partial charge in [-0.2, -0.15) is 0 Å². The summed E-state index contributed by atoms with van der Waals surface area (Å²) in [5.74, 6) is 3.06. The SMILES string of the molecule is C#CCN1CCC(C(=O)N(CCN(C)C)Cc2cccnc2)CC1. The Morgan fingerprint density at radius 2 is 2.12 bits per heavy atom. The molecule has 1 fully saturated rings. The summed E-state index contributed by atoms with van der Waals surface area (Å²) in [7, 11) is 4.07. The van der Waals surface area contributed by atoms with Gasteiger partial charge in [-0.15, -0.1) is 6.42 Å². The summed E-state index contributed by atoms with van der Waals surface area (Å²) in [4.78, 5) is 23.5. The van der Waals surface area contributed by atoms with Crippen LogP contribution >= 0.6 is 0 Å². The molecule has 130 valence electrons. The molecule has 2 rings (SSSR count). The molecule has 0 bridgehead atoms. The van der Waals surface area contributed by atoms with E-state index >= 15 is 0 Å². The van der Waals surface area contributed by atoms with Gasteiger partial charge in [0.25, 0.3) is 0 Å². The molecule has 0 spiro atoms. The Hall–Kier alpha value is -1.90. The van der Waals surface area contributed by atoms with Crippen LogP contribution in [0.4, 0.5) is 0 Å². The van der Waals surface area contributed by atoms with Crippen LogP contribution in [0.25, 0.3) is 0 Å². The standard InChI is InChI=1S/C19H28N4O/c1-4-10-22-11-7-18(8-12-22)19(24)23(14-13-21(2)3)16-17-6-5-9-20-15-17/h1,5-6,9,15,18H,7-8,10-14,16H2,2-3H3. The molecule has 0 saturated carbocycles. The number of rotatable bonds is 7. The summed E-state index contributed by atoms with van der Waals surface area (Å²) in [6, 6.07) is 3.95. The number of carbonyl (C=O) groups is 1. The number of hydrogen-bond donors (Lipinski definition) is 0. The third-order valence-corrected chi connectivity index (χ3v) is 4.48. The Kier molecular flexibility index (Phi) is 7.23. The van der Waals surface area contributed by atoms with Crippen molar-refractivity contribution in [1.82, 2.24) is 19.7 Å². The van der Waals surface area contributed by atoms with E-state index in [2.05, 4.69) is 20.7 Å². The van der Waals surface area contributed by atoms with Crippen LogP contribution in [0.1, 0.15) is 18.4 Å². The fourth-order valence-electron chi connectivity index (χ4n) is 3.03. The van der Waals surface area contributed by atoms with Crippen LogP contribution in [0, 0.1) is 18.3 Å².